The maximum atomic E-state index is 13.0. The second kappa shape index (κ2) is 8.67. The van der Waals surface area contributed by atoms with E-state index < -0.39 is 0 Å². The van der Waals surface area contributed by atoms with E-state index in [1.54, 1.807) is 0 Å². The molecule has 6 heteroatoms. The summed E-state index contributed by atoms with van der Waals surface area (Å²) in [5, 5.41) is 5.98. The van der Waals surface area contributed by atoms with Gasteiger partial charge in [0.25, 0.3) is 5.91 Å². The molecule has 0 saturated carbocycles. The highest BCUT2D eigenvalue weighted by Gasteiger charge is 2.31. The first-order valence-corrected chi connectivity index (χ1v) is 11.3. The molecule has 2 aromatic carbocycles. The van der Waals surface area contributed by atoms with Crippen LogP contribution in [0.4, 0.5) is 5.69 Å². The minimum Gasteiger partial charge on any atom is -0.457 e. The molecule has 5 nitrogen and oxygen atoms in total. The number of ether oxygens (including phenoxy) is 1. The molecule has 1 aliphatic heterocycles. The first kappa shape index (κ1) is 20.0. The van der Waals surface area contributed by atoms with E-state index in [-0.39, 0.29) is 11.9 Å². The number of hydrogen-bond acceptors (Lipinski definition) is 5. The Morgan fingerprint density at radius 1 is 1.03 bits per heavy atom. The van der Waals surface area contributed by atoms with Crippen LogP contribution in [0.1, 0.15) is 32.6 Å². The monoisotopic (exact) mass is 432 g/mol. The molecule has 158 valence electrons. The maximum Gasteiger partial charge on any atom is 0.265 e. The van der Waals surface area contributed by atoms with Crippen LogP contribution in [0.15, 0.2) is 70.5 Å². The van der Waals surface area contributed by atoms with Crippen LogP contribution >= 0.6 is 11.3 Å². The van der Waals surface area contributed by atoms with Crippen LogP contribution in [0.25, 0.3) is 11.0 Å². The summed E-state index contributed by atoms with van der Waals surface area (Å²) < 4.78 is 12.0. The van der Waals surface area contributed by atoms with Gasteiger partial charge in [0, 0.05) is 18.5 Å². The number of para-hydroxylation sites is 1. The Bertz CT molecular complexity index is 1180. The number of fused-ring (bicyclic) bond motifs is 1. The lowest BCUT2D eigenvalue weighted by Gasteiger charge is -2.34. The van der Waals surface area contributed by atoms with Gasteiger partial charge in [-0.3, -0.25) is 9.69 Å². The van der Waals surface area contributed by atoms with E-state index in [0.29, 0.717) is 18.1 Å². The molecular weight excluding hydrogens is 408 g/mol. The lowest BCUT2D eigenvalue weighted by atomic mass is 9.99. The van der Waals surface area contributed by atoms with Gasteiger partial charge in [0.2, 0.25) is 0 Å². The van der Waals surface area contributed by atoms with Gasteiger partial charge in [0.1, 0.15) is 11.3 Å². The first-order valence-electron chi connectivity index (χ1n) is 10.5. The number of anilines is 1. The fraction of sp³-hybridized carbons (Fsp3) is 0.240. The van der Waals surface area contributed by atoms with Gasteiger partial charge in [-0.2, -0.15) is 0 Å². The van der Waals surface area contributed by atoms with Crippen molar-refractivity contribution in [3.63, 3.8) is 0 Å². The molecule has 0 bridgehead atoms. The van der Waals surface area contributed by atoms with E-state index in [1.807, 2.05) is 41.8 Å². The molecule has 1 N–H and O–H groups in total. The van der Waals surface area contributed by atoms with E-state index in [1.165, 1.54) is 16.9 Å². The summed E-state index contributed by atoms with van der Waals surface area (Å²) in [5.41, 5.74) is 3.86. The number of carbonyl (C=O) groups is 1. The highest BCUT2D eigenvalue weighted by molar-refractivity contribution is 7.12. The zero-order valence-corrected chi connectivity index (χ0v) is 18.2. The van der Waals surface area contributed by atoms with Crippen LogP contribution in [-0.2, 0) is 4.74 Å². The number of furan rings is 1. The fourth-order valence-corrected chi connectivity index (χ4v) is 4.70. The van der Waals surface area contributed by atoms with Crippen molar-refractivity contribution >= 4 is 33.9 Å². The van der Waals surface area contributed by atoms with E-state index in [0.717, 1.165) is 41.1 Å². The summed E-state index contributed by atoms with van der Waals surface area (Å²) >= 11 is 1.43. The summed E-state index contributed by atoms with van der Waals surface area (Å²) in [6.45, 7) is 5.04. The van der Waals surface area contributed by atoms with Crippen molar-refractivity contribution < 1.29 is 13.9 Å². The summed E-state index contributed by atoms with van der Waals surface area (Å²) in [6.07, 6.45) is 0. The Balaban J connectivity index is 1.64. The lowest BCUT2D eigenvalue weighted by molar-refractivity contribution is 0.0206. The van der Waals surface area contributed by atoms with Crippen molar-refractivity contribution in [2.75, 3.05) is 31.6 Å². The van der Waals surface area contributed by atoms with Crippen molar-refractivity contribution in [2.45, 2.75) is 13.0 Å². The third-order valence-electron chi connectivity index (χ3n) is 5.66. The minimum atomic E-state index is -0.118. The van der Waals surface area contributed by atoms with Crippen molar-refractivity contribution in [1.29, 1.82) is 0 Å². The number of benzene rings is 2. The normalized spacial score (nSPS) is 15.8. The molecule has 0 aliphatic carbocycles. The predicted molar refractivity (Wildman–Crippen MR) is 124 cm³/mol. The fourth-order valence-electron chi connectivity index (χ4n) is 4.08. The third-order valence-corrected chi connectivity index (χ3v) is 6.53. The average Bonchev–Trinajstić information content (AvgIpc) is 3.45. The molecule has 5 rings (SSSR count). The van der Waals surface area contributed by atoms with E-state index in [2.05, 4.69) is 41.4 Å². The van der Waals surface area contributed by atoms with Crippen molar-refractivity contribution in [1.82, 2.24) is 4.90 Å². The zero-order chi connectivity index (χ0) is 21.2. The van der Waals surface area contributed by atoms with Gasteiger partial charge in [-0.15, -0.1) is 11.3 Å². The van der Waals surface area contributed by atoms with Crippen molar-refractivity contribution in [3.8, 4) is 0 Å². The van der Waals surface area contributed by atoms with Crippen LogP contribution in [0, 0.1) is 6.92 Å². The first-order chi connectivity index (χ1) is 15.2. The molecule has 1 amide bonds. The topological polar surface area (TPSA) is 54.7 Å². The predicted octanol–water partition coefficient (Wildman–Crippen LogP) is 5.48. The van der Waals surface area contributed by atoms with Gasteiger partial charge in [-0.05, 0) is 36.1 Å². The Kier molecular flexibility index (Phi) is 5.59. The van der Waals surface area contributed by atoms with Crippen molar-refractivity contribution in [2.24, 2.45) is 0 Å². The maximum absolute atomic E-state index is 13.0. The number of aryl methyl sites for hydroxylation is 1. The molecule has 0 radical (unpaired) electrons. The molecule has 3 heterocycles. The third kappa shape index (κ3) is 4.02. The van der Waals surface area contributed by atoms with Crippen LogP contribution < -0.4 is 5.32 Å². The Hall–Kier alpha value is -2.93. The molecule has 2 aromatic heterocycles. The summed E-state index contributed by atoms with van der Waals surface area (Å²) in [7, 11) is 0. The van der Waals surface area contributed by atoms with Crippen LogP contribution in [0.5, 0.6) is 0 Å². The molecule has 31 heavy (non-hydrogen) atoms. The molecule has 4 aromatic rings. The van der Waals surface area contributed by atoms with Gasteiger partial charge in [-0.25, -0.2) is 0 Å². The Morgan fingerprint density at radius 2 is 1.81 bits per heavy atom. The molecule has 1 atom stereocenters. The van der Waals surface area contributed by atoms with Crippen LogP contribution in [0.3, 0.4) is 0 Å². The number of nitrogens with zero attached hydrogens (tertiary/aromatic N) is 1. The molecule has 1 aliphatic rings. The highest BCUT2D eigenvalue weighted by Crippen LogP contribution is 2.41. The summed E-state index contributed by atoms with van der Waals surface area (Å²) in [6, 6.07) is 20.0. The van der Waals surface area contributed by atoms with Gasteiger partial charge in [0.05, 0.1) is 29.8 Å². The highest BCUT2D eigenvalue weighted by atomic mass is 32.1. The lowest BCUT2D eigenvalue weighted by Crippen LogP contribution is -2.39. The Labute approximate surface area is 185 Å². The number of nitrogens with one attached hydrogen (secondary N) is 1. The van der Waals surface area contributed by atoms with E-state index >= 15 is 0 Å². The van der Waals surface area contributed by atoms with Gasteiger partial charge >= 0.3 is 0 Å². The molecule has 0 unspecified atom stereocenters. The molecule has 1 saturated heterocycles. The smallest absolute Gasteiger partial charge is 0.265 e. The summed E-state index contributed by atoms with van der Waals surface area (Å²) in [4.78, 5) is 16.0. The number of rotatable bonds is 5. The largest absolute Gasteiger partial charge is 0.457 e. The second-order valence-electron chi connectivity index (χ2n) is 7.73. The van der Waals surface area contributed by atoms with Gasteiger partial charge < -0.3 is 14.5 Å². The number of morpholine rings is 1. The SMILES string of the molecule is Cc1ccc([C@@H](c2oc3ccccc3c2NC(=O)c2cccs2)N2CCOCC2)cc1. The molecule has 1 fully saturated rings. The van der Waals surface area contributed by atoms with Crippen LogP contribution in [0.2, 0.25) is 0 Å². The van der Waals surface area contributed by atoms with Gasteiger partial charge in [-0.1, -0.05) is 48.0 Å². The number of hydrogen-bond donors (Lipinski definition) is 1. The standard InChI is InChI=1S/C25H24N2O3S/c1-17-8-10-18(11-9-17)23(27-12-14-29-15-13-27)24-22(19-5-2-3-6-20(19)30-24)26-25(28)21-7-4-16-31-21/h2-11,16,23H,12-15H2,1H3,(H,26,28)/t23-/m0/s1. The van der Waals surface area contributed by atoms with Crippen LogP contribution in [-0.4, -0.2) is 37.1 Å². The summed E-state index contributed by atoms with van der Waals surface area (Å²) in [5.74, 6) is 0.643. The molecule has 0 spiro atoms. The zero-order valence-electron chi connectivity index (χ0n) is 17.3. The number of thiophene rings is 1. The quantitative estimate of drug-likeness (QED) is 0.454. The molecular formula is C25H24N2O3S. The number of carbonyl (C=O) groups excluding carboxylic acids is 1. The van der Waals surface area contributed by atoms with E-state index in [4.69, 9.17) is 9.15 Å². The minimum absolute atomic E-state index is 0.115. The average molecular weight is 433 g/mol. The Morgan fingerprint density at radius 3 is 2.55 bits per heavy atom. The second-order valence-corrected chi connectivity index (χ2v) is 8.68. The van der Waals surface area contributed by atoms with Gasteiger partial charge in [0.15, 0.2) is 0 Å². The van der Waals surface area contributed by atoms with E-state index in [9.17, 15) is 4.79 Å². The number of amides is 1. The van der Waals surface area contributed by atoms with Crippen molar-refractivity contribution in [3.05, 3.63) is 87.8 Å².